The smallest absolute Gasteiger partial charge is 0.142 e. The van der Waals surface area contributed by atoms with Crippen LogP contribution in [0, 0.1) is 11.8 Å². The number of carbonyl (C=O) groups is 1. The number of hydrogen-bond acceptors (Lipinski definition) is 2. The zero-order valence-corrected chi connectivity index (χ0v) is 11.7. The molecule has 0 amide bonds. The van der Waals surface area contributed by atoms with Crippen LogP contribution in [0.15, 0.2) is 0 Å². The highest BCUT2D eigenvalue weighted by Gasteiger charge is 2.50. The van der Waals surface area contributed by atoms with Crippen molar-refractivity contribution in [2.75, 3.05) is 0 Å². The Hall–Kier alpha value is -0.370. The maximum Gasteiger partial charge on any atom is 0.142 e. The predicted molar refractivity (Wildman–Crippen MR) is 68.9 cm³/mol. The van der Waals surface area contributed by atoms with Gasteiger partial charge in [-0.15, -0.1) is 0 Å². The molecule has 2 fully saturated rings. The van der Waals surface area contributed by atoms with Gasteiger partial charge in [-0.05, 0) is 47.0 Å². The van der Waals surface area contributed by atoms with Crippen LogP contribution < -0.4 is 0 Å². The molecule has 1 saturated heterocycles. The maximum atomic E-state index is 12.6. The third-order valence-electron chi connectivity index (χ3n) is 4.43. The second-order valence-electron chi connectivity index (χ2n) is 6.96. The first-order chi connectivity index (χ1) is 7.82. The van der Waals surface area contributed by atoms with Gasteiger partial charge in [0.15, 0.2) is 0 Å². The van der Waals surface area contributed by atoms with Gasteiger partial charge >= 0.3 is 0 Å². The lowest BCUT2D eigenvalue weighted by Gasteiger charge is -2.30. The molecule has 2 heteroatoms. The Bertz CT molecular complexity index is 298. The maximum absolute atomic E-state index is 12.6. The summed E-state index contributed by atoms with van der Waals surface area (Å²) in [6, 6.07) is 0. The molecule has 1 aliphatic heterocycles. The van der Waals surface area contributed by atoms with Gasteiger partial charge in [0.25, 0.3) is 0 Å². The number of hydrogen-bond donors (Lipinski definition) is 0. The van der Waals surface area contributed by atoms with Crippen LogP contribution >= 0.6 is 0 Å². The van der Waals surface area contributed by atoms with Crippen molar-refractivity contribution in [3.63, 3.8) is 0 Å². The molecule has 2 rings (SSSR count). The Labute approximate surface area is 105 Å². The van der Waals surface area contributed by atoms with Gasteiger partial charge in [-0.25, -0.2) is 0 Å². The first kappa shape index (κ1) is 13.1. The quantitative estimate of drug-likeness (QED) is 0.732. The first-order valence-corrected chi connectivity index (χ1v) is 7.06. The molecule has 0 spiro atoms. The standard InChI is InChI=1S/C15H26O2/c1-14(2)10-12(15(3,4)17-14)13(16)11-8-6-5-7-9-11/h11-12H,5-10H2,1-4H3. The number of Topliss-reactive ketones (excluding diaryl/α,β-unsaturated/α-hetero) is 1. The lowest BCUT2D eigenvalue weighted by Crippen LogP contribution is -2.37. The first-order valence-electron chi connectivity index (χ1n) is 7.06. The van der Waals surface area contributed by atoms with Crippen LogP contribution in [-0.2, 0) is 9.53 Å². The molecule has 0 bridgehead atoms. The van der Waals surface area contributed by atoms with E-state index in [9.17, 15) is 4.79 Å². The van der Waals surface area contributed by atoms with E-state index in [1.807, 2.05) is 0 Å². The fraction of sp³-hybridized carbons (Fsp3) is 0.933. The molecule has 98 valence electrons. The summed E-state index contributed by atoms with van der Waals surface area (Å²) >= 11 is 0. The van der Waals surface area contributed by atoms with Gasteiger partial charge in [0, 0.05) is 11.8 Å². The number of rotatable bonds is 2. The number of carbonyl (C=O) groups excluding carboxylic acids is 1. The van der Waals surface area contributed by atoms with E-state index in [2.05, 4.69) is 27.7 Å². The van der Waals surface area contributed by atoms with Crippen molar-refractivity contribution < 1.29 is 9.53 Å². The van der Waals surface area contributed by atoms with E-state index >= 15 is 0 Å². The van der Waals surface area contributed by atoms with Crippen molar-refractivity contribution in [3.8, 4) is 0 Å². The average molecular weight is 238 g/mol. The van der Waals surface area contributed by atoms with Crippen LogP contribution in [0.2, 0.25) is 0 Å². The highest BCUT2D eigenvalue weighted by molar-refractivity contribution is 5.85. The molecular weight excluding hydrogens is 212 g/mol. The van der Waals surface area contributed by atoms with E-state index in [4.69, 9.17) is 4.74 Å². The van der Waals surface area contributed by atoms with Crippen molar-refractivity contribution >= 4 is 5.78 Å². The van der Waals surface area contributed by atoms with Crippen molar-refractivity contribution in [3.05, 3.63) is 0 Å². The Morgan fingerprint density at radius 3 is 2.12 bits per heavy atom. The monoisotopic (exact) mass is 238 g/mol. The fourth-order valence-corrected chi connectivity index (χ4v) is 3.68. The van der Waals surface area contributed by atoms with E-state index in [0.717, 1.165) is 19.3 Å². The molecule has 17 heavy (non-hydrogen) atoms. The summed E-state index contributed by atoms with van der Waals surface area (Å²) in [4.78, 5) is 12.6. The zero-order valence-electron chi connectivity index (χ0n) is 11.7. The van der Waals surface area contributed by atoms with E-state index in [1.54, 1.807) is 0 Å². The van der Waals surface area contributed by atoms with Gasteiger partial charge in [0.2, 0.25) is 0 Å². The second kappa shape index (κ2) is 4.38. The van der Waals surface area contributed by atoms with Crippen molar-refractivity contribution in [1.82, 2.24) is 0 Å². The Kier molecular flexibility index (Phi) is 3.37. The predicted octanol–water partition coefficient (Wildman–Crippen LogP) is 3.73. The highest BCUT2D eigenvalue weighted by Crippen LogP contribution is 2.44. The van der Waals surface area contributed by atoms with Crippen LogP contribution in [-0.4, -0.2) is 17.0 Å². The van der Waals surface area contributed by atoms with Crippen molar-refractivity contribution in [2.24, 2.45) is 11.8 Å². The average Bonchev–Trinajstić information content (AvgIpc) is 2.47. The lowest BCUT2D eigenvalue weighted by molar-refractivity contribution is -0.134. The third-order valence-corrected chi connectivity index (χ3v) is 4.43. The van der Waals surface area contributed by atoms with Gasteiger partial charge in [-0.2, -0.15) is 0 Å². The largest absolute Gasteiger partial charge is 0.369 e. The van der Waals surface area contributed by atoms with Crippen molar-refractivity contribution in [1.29, 1.82) is 0 Å². The summed E-state index contributed by atoms with van der Waals surface area (Å²) < 4.78 is 6.04. The third kappa shape index (κ3) is 2.73. The lowest BCUT2D eigenvalue weighted by atomic mass is 9.75. The molecule has 1 heterocycles. The normalized spacial score (nSPS) is 32.6. The Balaban J connectivity index is 2.08. The van der Waals surface area contributed by atoms with Crippen LogP contribution in [0.4, 0.5) is 0 Å². The molecular formula is C15H26O2. The minimum atomic E-state index is -0.280. The van der Waals surface area contributed by atoms with Crippen molar-refractivity contribution in [2.45, 2.75) is 77.4 Å². The molecule has 1 atom stereocenters. The highest BCUT2D eigenvalue weighted by atomic mass is 16.5. The summed E-state index contributed by atoms with van der Waals surface area (Å²) in [6.07, 6.45) is 6.86. The SMILES string of the molecule is CC1(C)CC(C(=O)C2CCCCC2)C(C)(C)O1. The fourth-order valence-electron chi connectivity index (χ4n) is 3.68. The van der Waals surface area contributed by atoms with Gasteiger partial charge in [0.05, 0.1) is 11.2 Å². The van der Waals surface area contributed by atoms with Gasteiger partial charge in [-0.1, -0.05) is 19.3 Å². The van der Waals surface area contributed by atoms with Gasteiger partial charge in [0.1, 0.15) is 5.78 Å². The van der Waals surface area contributed by atoms with E-state index in [1.165, 1.54) is 19.3 Å². The number of ketones is 1. The minimum Gasteiger partial charge on any atom is -0.369 e. The molecule has 2 aliphatic rings. The summed E-state index contributed by atoms with van der Waals surface area (Å²) in [5, 5.41) is 0. The van der Waals surface area contributed by atoms with Gasteiger partial charge in [-0.3, -0.25) is 4.79 Å². The molecule has 1 aliphatic carbocycles. The van der Waals surface area contributed by atoms with E-state index in [0.29, 0.717) is 11.7 Å². The Morgan fingerprint density at radius 2 is 1.65 bits per heavy atom. The van der Waals surface area contributed by atoms with E-state index in [-0.39, 0.29) is 17.1 Å². The zero-order chi connectivity index (χ0) is 12.7. The number of ether oxygens (including phenoxy) is 1. The van der Waals surface area contributed by atoms with Gasteiger partial charge < -0.3 is 4.74 Å². The molecule has 1 unspecified atom stereocenters. The molecule has 2 nitrogen and oxygen atoms in total. The minimum absolute atomic E-state index is 0.0978. The van der Waals surface area contributed by atoms with E-state index < -0.39 is 0 Å². The van der Waals surface area contributed by atoms with Crippen LogP contribution in [0.5, 0.6) is 0 Å². The molecule has 1 saturated carbocycles. The summed E-state index contributed by atoms with van der Waals surface area (Å²) in [7, 11) is 0. The van der Waals surface area contributed by atoms with Crippen LogP contribution in [0.25, 0.3) is 0 Å². The molecule has 0 aromatic rings. The summed E-state index contributed by atoms with van der Waals surface area (Å²) in [5.74, 6) is 0.881. The molecule has 0 radical (unpaired) electrons. The molecule has 0 aromatic carbocycles. The van der Waals surface area contributed by atoms with Crippen LogP contribution in [0.3, 0.4) is 0 Å². The summed E-state index contributed by atoms with van der Waals surface area (Å²) in [5.41, 5.74) is -0.420. The molecule has 0 N–H and O–H groups in total. The summed E-state index contributed by atoms with van der Waals surface area (Å²) in [6.45, 7) is 8.35. The second-order valence-corrected chi connectivity index (χ2v) is 6.96. The Morgan fingerprint density at radius 1 is 1.06 bits per heavy atom. The topological polar surface area (TPSA) is 26.3 Å². The van der Waals surface area contributed by atoms with Crippen LogP contribution in [0.1, 0.15) is 66.2 Å². The molecule has 0 aromatic heterocycles.